The highest BCUT2D eigenvalue weighted by molar-refractivity contribution is 6.30. The highest BCUT2D eigenvalue weighted by Gasteiger charge is 2.30. The van der Waals surface area contributed by atoms with E-state index in [2.05, 4.69) is 10.3 Å². The molecule has 136 valence electrons. The van der Waals surface area contributed by atoms with Crippen molar-refractivity contribution in [3.8, 4) is 5.75 Å². The van der Waals surface area contributed by atoms with Crippen molar-refractivity contribution in [2.45, 2.75) is 12.1 Å². The Labute approximate surface area is 161 Å². The third kappa shape index (κ3) is 3.79. The van der Waals surface area contributed by atoms with E-state index in [1.807, 2.05) is 48.5 Å². The van der Waals surface area contributed by atoms with Gasteiger partial charge >= 0.3 is 0 Å². The molecule has 2 aromatic carbocycles. The molecule has 2 heterocycles. The predicted molar refractivity (Wildman–Crippen MR) is 101 cm³/mol. The number of nitrogens with one attached hydrogen (secondary N) is 1. The molecule has 27 heavy (non-hydrogen) atoms. The van der Waals surface area contributed by atoms with Crippen LogP contribution in [0.2, 0.25) is 5.02 Å². The van der Waals surface area contributed by atoms with Gasteiger partial charge in [-0.2, -0.15) is 0 Å². The number of para-hydroxylation sites is 1. The molecule has 0 bridgehead atoms. The molecule has 0 fully saturated rings. The molecule has 1 N–H and O–H groups in total. The number of amides is 1. The smallest absolute Gasteiger partial charge is 0.254 e. The van der Waals surface area contributed by atoms with Crippen molar-refractivity contribution >= 4 is 17.5 Å². The summed E-state index contributed by atoms with van der Waals surface area (Å²) in [6.45, 7) is 0.0377. The monoisotopic (exact) mass is 380 g/mol. The van der Waals surface area contributed by atoms with Gasteiger partial charge in [0.2, 0.25) is 0 Å². The summed E-state index contributed by atoms with van der Waals surface area (Å²) in [5.41, 5.74) is 2.55. The largest absolute Gasteiger partial charge is 0.467 e. The first-order valence-electron chi connectivity index (χ1n) is 8.51. The minimum absolute atomic E-state index is 0.0377. The summed E-state index contributed by atoms with van der Waals surface area (Å²) in [6.07, 6.45) is 2.67. The molecule has 6 heteroatoms. The molecule has 1 aliphatic rings. The lowest BCUT2D eigenvalue weighted by atomic mass is 9.98. The molecular weight excluding hydrogens is 364 g/mol. The van der Waals surface area contributed by atoms with Crippen molar-refractivity contribution in [3.05, 3.63) is 94.8 Å². The second kappa shape index (κ2) is 7.78. The normalized spacial score (nSPS) is 16.7. The first-order valence-corrected chi connectivity index (χ1v) is 8.89. The summed E-state index contributed by atoms with van der Waals surface area (Å²) in [7, 11) is 0. The zero-order valence-electron chi connectivity index (χ0n) is 14.3. The Bertz CT molecular complexity index is 932. The number of aromatic nitrogens is 1. The van der Waals surface area contributed by atoms with Crippen molar-refractivity contribution in [2.75, 3.05) is 6.79 Å². The van der Waals surface area contributed by atoms with Gasteiger partial charge in [-0.3, -0.25) is 9.78 Å². The molecule has 2 atom stereocenters. The summed E-state index contributed by atoms with van der Waals surface area (Å²) >= 11 is 6.01. The second-order valence-corrected chi connectivity index (χ2v) is 6.56. The van der Waals surface area contributed by atoms with Gasteiger partial charge in [0.25, 0.3) is 5.91 Å². The van der Waals surface area contributed by atoms with Crippen LogP contribution in [0.25, 0.3) is 0 Å². The molecule has 0 saturated heterocycles. The molecule has 4 rings (SSSR count). The van der Waals surface area contributed by atoms with Crippen LogP contribution in [0.5, 0.6) is 5.75 Å². The lowest BCUT2D eigenvalue weighted by Gasteiger charge is -2.28. The number of rotatable bonds is 4. The van der Waals surface area contributed by atoms with Gasteiger partial charge in [0, 0.05) is 23.0 Å². The molecule has 1 aliphatic heterocycles. The highest BCUT2D eigenvalue weighted by atomic mass is 35.5. The van der Waals surface area contributed by atoms with Gasteiger partial charge in [-0.25, -0.2) is 0 Å². The van der Waals surface area contributed by atoms with Gasteiger partial charge in [-0.15, -0.1) is 0 Å². The van der Waals surface area contributed by atoms with Crippen LogP contribution in [-0.4, -0.2) is 17.7 Å². The fourth-order valence-corrected chi connectivity index (χ4v) is 3.22. The predicted octanol–water partition coefficient (Wildman–Crippen LogP) is 4.05. The number of carbonyl (C=O) groups excluding carboxylic acids is 1. The zero-order valence-corrected chi connectivity index (χ0v) is 15.1. The molecule has 0 radical (unpaired) electrons. The van der Waals surface area contributed by atoms with Crippen LogP contribution in [-0.2, 0) is 9.53 Å². The number of benzene rings is 2. The second-order valence-electron chi connectivity index (χ2n) is 6.12. The molecule has 1 amide bonds. The van der Waals surface area contributed by atoms with E-state index in [0.29, 0.717) is 16.3 Å². The van der Waals surface area contributed by atoms with Crippen LogP contribution in [0.3, 0.4) is 0 Å². The maximum Gasteiger partial charge on any atom is 0.254 e. The average Bonchev–Trinajstić information content (AvgIpc) is 2.73. The van der Waals surface area contributed by atoms with Crippen LogP contribution in [0.1, 0.15) is 28.8 Å². The highest BCUT2D eigenvalue weighted by Crippen LogP contribution is 2.33. The fraction of sp³-hybridized carbons (Fsp3) is 0.143. The van der Waals surface area contributed by atoms with Gasteiger partial charge in [-0.05, 0) is 41.5 Å². The molecule has 5 nitrogen and oxygen atoms in total. The van der Waals surface area contributed by atoms with Crippen molar-refractivity contribution < 1.29 is 14.3 Å². The lowest BCUT2D eigenvalue weighted by Crippen LogP contribution is -2.36. The Balaban J connectivity index is 1.64. The molecule has 0 spiro atoms. The van der Waals surface area contributed by atoms with E-state index in [1.54, 1.807) is 24.5 Å². The van der Waals surface area contributed by atoms with Crippen molar-refractivity contribution in [2.24, 2.45) is 0 Å². The Kier molecular flexibility index (Phi) is 5.05. The number of ether oxygens (including phenoxy) is 2. The third-order valence-electron chi connectivity index (χ3n) is 4.42. The Morgan fingerprint density at radius 1 is 1.04 bits per heavy atom. The van der Waals surface area contributed by atoms with Crippen LogP contribution in [0, 0.1) is 0 Å². The number of fused-ring (bicyclic) bond motifs is 1. The van der Waals surface area contributed by atoms with Crippen molar-refractivity contribution in [3.63, 3.8) is 0 Å². The van der Waals surface area contributed by atoms with E-state index < -0.39 is 6.10 Å². The van der Waals surface area contributed by atoms with E-state index in [9.17, 15) is 4.79 Å². The molecule has 0 unspecified atom stereocenters. The minimum atomic E-state index is -0.730. The van der Waals surface area contributed by atoms with E-state index in [0.717, 1.165) is 11.1 Å². The Morgan fingerprint density at radius 2 is 1.74 bits per heavy atom. The van der Waals surface area contributed by atoms with Crippen LogP contribution in [0.4, 0.5) is 0 Å². The SMILES string of the molecule is O=C(N[C@H](c1ccncc1)c1ccc(Cl)cc1)[C@@H]1OCOc2ccccc21. The lowest BCUT2D eigenvalue weighted by molar-refractivity contribution is -0.142. The summed E-state index contributed by atoms with van der Waals surface area (Å²) in [5, 5.41) is 3.73. The van der Waals surface area contributed by atoms with Crippen LogP contribution < -0.4 is 10.1 Å². The molecular formula is C21H17ClN2O3. The molecule has 0 aliphatic carbocycles. The maximum atomic E-state index is 13.1. The van der Waals surface area contributed by atoms with Gasteiger partial charge < -0.3 is 14.8 Å². The first kappa shape index (κ1) is 17.5. The number of nitrogens with zero attached hydrogens (tertiary/aromatic N) is 1. The topological polar surface area (TPSA) is 60.5 Å². The standard InChI is InChI=1S/C21H17ClN2O3/c22-16-7-5-14(6-8-16)19(15-9-11-23-12-10-15)24-21(25)20-17-3-1-2-4-18(17)26-13-27-20/h1-12,19-20H,13H2,(H,24,25)/t19-,20+/m0/s1. The van der Waals surface area contributed by atoms with E-state index in [1.165, 1.54) is 0 Å². The van der Waals surface area contributed by atoms with Crippen molar-refractivity contribution in [1.29, 1.82) is 0 Å². The van der Waals surface area contributed by atoms with Gasteiger partial charge in [0.15, 0.2) is 12.9 Å². The minimum Gasteiger partial charge on any atom is -0.467 e. The summed E-state index contributed by atoms with van der Waals surface area (Å²) in [5.74, 6) is 0.429. The number of halogens is 1. The number of carbonyl (C=O) groups is 1. The summed E-state index contributed by atoms with van der Waals surface area (Å²) in [6, 6.07) is 18.2. The maximum absolute atomic E-state index is 13.1. The van der Waals surface area contributed by atoms with Gasteiger partial charge in [0.1, 0.15) is 5.75 Å². The number of hydrogen-bond donors (Lipinski definition) is 1. The van der Waals surface area contributed by atoms with E-state index in [4.69, 9.17) is 21.1 Å². The number of hydrogen-bond acceptors (Lipinski definition) is 4. The Hall–Kier alpha value is -2.89. The average molecular weight is 381 g/mol. The first-order chi connectivity index (χ1) is 13.2. The molecule has 1 aromatic heterocycles. The van der Waals surface area contributed by atoms with E-state index >= 15 is 0 Å². The summed E-state index contributed by atoms with van der Waals surface area (Å²) in [4.78, 5) is 17.1. The van der Waals surface area contributed by atoms with Crippen LogP contribution in [0.15, 0.2) is 73.1 Å². The fourth-order valence-electron chi connectivity index (χ4n) is 3.09. The van der Waals surface area contributed by atoms with Gasteiger partial charge in [0.05, 0.1) is 6.04 Å². The molecule has 0 saturated carbocycles. The van der Waals surface area contributed by atoms with Crippen LogP contribution >= 0.6 is 11.6 Å². The molecule has 3 aromatic rings. The van der Waals surface area contributed by atoms with E-state index in [-0.39, 0.29) is 18.7 Å². The Morgan fingerprint density at radius 3 is 2.52 bits per heavy atom. The zero-order chi connectivity index (χ0) is 18.6. The van der Waals surface area contributed by atoms with Crippen molar-refractivity contribution in [1.82, 2.24) is 10.3 Å². The van der Waals surface area contributed by atoms with Gasteiger partial charge in [-0.1, -0.05) is 41.9 Å². The number of pyridine rings is 1. The summed E-state index contributed by atoms with van der Waals surface area (Å²) < 4.78 is 11.1. The third-order valence-corrected chi connectivity index (χ3v) is 4.67. The quantitative estimate of drug-likeness (QED) is 0.741.